The van der Waals surface area contributed by atoms with Gasteiger partial charge in [0, 0.05) is 23.8 Å². The Kier molecular flexibility index (Phi) is 4.83. The second kappa shape index (κ2) is 6.60. The molecule has 0 radical (unpaired) electrons. The molecular formula is C16H19ClN2. The molecule has 0 heterocycles. The van der Waals surface area contributed by atoms with Crippen molar-refractivity contribution in [3.05, 3.63) is 64.7 Å². The van der Waals surface area contributed by atoms with Crippen molar-refractivity contribution >= 4 is 17.3 Å². The van der Waals surface area contributed by atoms with E-state index in [-0.39, 0.29) is 0 Å². The van der Waals surface area contributed by atoms with Crippen LogP contribution in [0.15, 0.2) is 48.5 Å². The molecule has 0 spiro atoms. The largest absolute Gasteiger partial charge is 0.399 e. The molecule has 2 nitrogen and oxygen atoms in total. The van der Waals surface area contributed by atoms with E-state index >= 15 is 0 Å². The zero-order chi connectivity index (χ0) is 13.7. The maximum Gasteiger partial charge on any atom is 0.0451 e. The van der Waals surface area contributed by atoms with Crippen LogP contribution in [-0.4, -0.2) is 18.5 Å². The first-order valence-electron chi connectivity index (χ1n) is 6.41. The molecule has 2 rings (SSSR count). The summed E-state index contributed by atoms with van der Waals surface area (Å²) in [5, 5.41) is 0.835. The maximum atomic E-state index is 6.16. The number of likely N-dealkylation sites (N-methyl/N-ethyl adjacent to an activating group) is 1. The van der Waals surface area contributed by atoms with Crippen molar-refractivity contribution in [3.8, 4) is 0 Å². The van der Waals surface area contributed by atoms with Crippen LogP contribution in [0.25, 0.3) is 0 Å². The van der Waals surface area contributed by atoms with Crippen molar-refractivity contribution in [3.63, 3.8) is 0 Å². The van der Waals surface area contributed by atoms with Crippen LogP contribution in [0, 0.1) is 0 Å². The maximum absolute atomic E-state index is 6.16. The lowest BCUT2D eigenvalue weighted by Crippen LogP contribution is -2.20. The number of nitrogens with zero attached hydrogens (tertiary/aromatic N) is 1. The predicted octanol–water partition coefficient (Wildman–Crippen LogP) is 3.60. The molecule has 0 aliphatic rings. The molecule has 0 aromatic heterocycles. The highest BCUT2D eigenvalue weighted by Crippen LogP contribution is 2.16. The second-order valence-electron chi connectivity index (χ2n) is 4.82. The van der Waals surface area contributed by atoms with Gasteiger partial charge < -0.3 is 10.6 Å². The summed E-state index contributed by atoms with van der Waals surface area (Å²) < 4.78 is 0. The van der Waals surface area contributed by atoms with Gasteiger partial charge in [0.05, 0.1) is 0 Å². The molecule has 0 bridgehead atoms. The molecule has 2 aromatic rings. The van der Waals surface area contributed by atoms with Crippen molar-refractivity contribution in [1.29, 1.82) is 0 Å². The minimum atomic E-state index is 0.813. The van der Waals surface area contributed by atoms with E-state index in [1.165, 1.54) is 11.1 Å². The van der Waals surface area contributed by atoms with E-state index in [0.717, 1.165) is 30.2 Å². The van der Waals surface area contributed by atoms with Gasteiger partial charge in [0.25, 0.3) is 0 Å². The molecule has 0 saturated heterocycles. The molecule has 3 heteroatoms. The first-order chi connectivity index (χ1) is 9.15. The van der Waals surface area contributed by atoms with Gasteiger partial charge >= 0.3 is 0 Å². The zero-order valence-corrected chi connectivity index (χ0v) is 11.9. The van der Waals surface area contributed by atoms with Crippen LogP contribution in [0.3, 0.4) is 0 Å². The summed E-state index contributed by atoms with van der Waals surface area (Å²) in [5.74, 6) is 0. The fourth-order valence-electron chi connectivity index (χ4n) is 2.00. The highest BCUT2D eigenvalue weighted by Gasteiger charge is 2.04. The van der Waals surface area contributed by atoms with E-state index in [9.17, 15) is 0 Å². The Hall–Kier alpha value is -1.51. The van der Waals surface area contributed by atoms with E-state index in [1.54, 1.807) is 0 Å². The molecule has 0 aliphatic carbocycles. The van der Waals surface area contributed by atoms with Crippen LogP contribution in [0.1, 0.15) is 11.1 Å². The van der Waals surface area contributed by atoms with Gasteiger partial charge in [-0.15, -0.1) is 0 Å². The number of benzene rings is 2. The van der Waals surface area contributed by atoms with Crippen molar-refractivity contribution in [2.45, 2.75) is 13.0 Å². The first-order valence-corrected chi connectivity index (χ1v) is 6.79. The topological polar surface area (TPSA) is 29.3 Å². The minimum absolute atomic E-state index is 0.813. The van der Waals surface area contributed by atoms with Crippen LogP contribution >= 0.6 is 11.6 Å². The number of nitrogens with two attached hydrogens (primary N) is 1. The van der Waals surface area contributed by atoms with E-state index in [1.807, 2.05) is 30.3 Å². The molecule has 2 aromatic carbocycles. The normalized spacial score (nSPS) is 10.9. The molecular weight excluding hydrogens is 256 g/mol. The Balaban J connectivity index is 1.86. The monoisotopic (exact) mass is 274 g/mol. The molecule has 19 heavy (non-hydrogen) atoms. The number of rotatable bonds is 5. The Morgan fingerprint density at radius 1 is 1.05 bits per heavy atom. The van der Waals surface area contributed by atoms with Crippen molar-refractivity contribution in [1.82, 2.24) is 4.90 Å². The highest BCUT2D eigenvalue weighted by atomic mass is 35.5. The number of hydrogen-bond donors (Lipinski definition) is 1. The zero-order valence-electron chi connectivity index (χ0n) is 11.1. The summed E-state index contributed by atoms with van der Waals surface area (Å²) in [6, 6.07) is 16.0. The van der Waals surface area contributed by atoms with Crippen molar-refractivity contribution in [2.75, 3.05) is 19.3 Å². The number of hydrogen-bond acceptors (Lipinski definition) is 2. The van der Waals surface area contributed by atoms with Crippen LogP contribution in [0.5, 0.6) is 0 Å². The van der Waals surface area contributed by atoms with E-state index in [4.69, 9.17) is 17.3 Å². The summed E-state index contributed by atoms with van der Waals surface area (Å²) in [4.78, 5) is 2.28. The molecule has 0 unspecified atom stereocenters. The van der Waals surface area contributed by atoms with Gasteiger partial charge in [-0.2, -0.15) is 0 Å². The average Bonchev–Trinajstić information content (AvgIpc) is 2.41. The molecule has 100 valence electrons. The van der Waals surface area contributed by atoms with Crippen LogP contribution in [0.4, 0.5) is 5.69 Å². The SMILES string of the molecule is CN(CCc1ccc(N)cc1)Cc1ccccc1Cl. The lowest BCUT2D eigenvalue weighted by atomic mass is 10.1. The Bertz CT molecular complexity index is 523. The Morgan fingerprint density at radius 3 is 2.42 bits per heavy atom. The minimum Gasteiger partial charge on any atom is -0.399 e. The molecule has 0 amide bonds. The summed E-state index contributed by atoms with van der Waals surface area (Å²) in [7, 11) is 2.11. The number of nitrogen functional groups attached to an aromatic ring is 1. The summed E-state index contributed by atoms with van der Waals surface area (Å²) in [6.07, 6.45) is 1.02. The fraction of sp³-hybridized carbons (Fsp3) is 0.250. The van der Waals surface area contributed by atoms with Gasteiger partial charge in [-0.3, -0.25) is 0 Å². The molecule has 0 atom stereocenters. The quantitative estimate of drug-likeness (QED) is 0.844. The average molecular weight is 275 g/mol. The third kappa shape index (κ3) is 4.27. The van der Waals surface area contributed by atoms with Crippen LogP contribution < -0.4 is 5.73 Å². The third-order valence-electron chi connectivity index (χ3n) is 3.16. The first kappa shape index (κ1) is 13.9. The van der Waals surface area contributed by atoms with E-state index in [0.29, 0.717) is 0 Å². The lowest BCUT2D eigenvalue weighted by Gasteiger charge is -2.17. The van der Waals surface area contributed by atoms with Gasteiger partial charge in [-0.25, -0.2) is 0 Å². The molecule has 0 saturated carbocycles. The van der Waals surface area contributed by atoms with Gasteiger partial charge in [-0.1, -0.05) is 41.9 Å². The molecule has 0 fully saturated rings. The standard InChI is InChI=1S/C16H19ClN2/c1-19(12-14-4-2-3-5-16(14)17)11-10-13-6-8-15(18)9-7-13/h2-9H,10-12,18H2,1H3. The second-order valence-corrected chi connectivity index (χ2v) is 5.23. The third-order valence-corrected chi connectivity index (χ3v) is 3.53. The lowest BCUT2D eigenvalue weighted by molar-refractivity contribution is 0.331. The van der Waals surface area contributed by atoms with Crippen molar-refractivity contribution < 1.29 is 0 Å². The number of halogens is 1. The summed E-state index contributed by atoms with van der Waals surface area (Å²) in [6.45, 7) is 1.86. The molecule has 2 N–H and O–H groups in total. The van der Waals surface area contributed by atoms with Crippen LogP contribution in [-0.2, 0) is 13.0 Å². The molecule has 0 aliphatic heterocycles. The van der Waals surface area contributed by atoms with E-state index < -0.39 is 0 Å². The van der Waals surface area contributed by atoms with Crippen molar-refractivity contribution in [2.24, 2.45) is 0 Å². The van der Waals surface area contributed by atoms with Gasteiger partial charge in [0.15, 0.2) is 0 Å². The highest BCUT2D eigenvalue weighted by molar-refractivity contribution is 6.31. The smallest absolute Gasteiger partial charge is 0.0451 e. The Morgan fingerprint density at radius 2 is 1.74 bits per heavy atom. The predicted molar refractivity (Wildman–Crippen MR) is 82.3 cm³/mol. The summed E-state index contributed by atoms with van der Waals surface area (Å²) in [5.41, 5.74) is 8.97. The van der Waals surface area contributed by atoms with Gasteiger partial charge in [0.2, 0.25) is 0 Å². The Labute approximate surface area is 119 Å². The van der Waals surface area contributed by atoms with Crippen LogP contribution in [0.2, 0.25) is 5.02 Å². The summed E-state index contributed by atoms with van der Waals surface area (Å²) >= 11 is 6.16. The fourth-order valence-corrected chi connectivity index (χ4v) is 2.20. The van der Waals surface area contributed by atoms with E-state index in [2.05, 4.69) is 30.1 Å². The van der Waals surface area contributed by atoms with Gasteiger partial charge in [-0.05, 0) is 42.8 Å². The number of anilines is 1. The van der Waals surface area contributed by atoms with Gasteiger partial charge in [0.1, 0.15) is 0 Å².